The molecule has 1 aromatic heterocycles. The van der Waals surface area contributed by atoms with Crippen molar-refractivity contribution in [3.63, 3.8) is 0 Å². The van der Waals surface area contributed by atoms with Crippen molar-refractivity contribution in [1.29, 1.82) is 0 Å². The van der Waals surface area contributed by atoms with Gasteiger partial charge in [0.05, 0.1) is 6.04 Å². The van der Waals surface area contributed by atoms with Gasteiger partial charge in [0.1, 0.15) is 11.7 Å². The quantitative estimate of drug-likeness (QED) is 0.933. The molecule has 1 atom stereocenters. The van der Waals surface area contributed by atoms with Crippen molar-refractivity contribution in [2.24, 2.45) is 0 Å². The van der Waals surface area contributed by atoms with E-state index in [2.05, 4.69) is 5.10 Å². The van der Waals surface area contributed by atoms with Crippen LogP contribution in [0.2, 0.25) is 0 Å². The number of benzene rings is 1. The highest BCUT2D eigenvalue weighted by Crippen LogP contribution is 2.29. The number of aromatic nitrogens is 2. The van der Waals surface area contributed by atoms with E-state index in [1.54, 1.807) is 6.07 Å². The fourth-order valence-electron chi connectivity index (χ4n) is 3.93. The number of hydrogen-bond acceptors (Lipinski definition) is 3. The van der Waals surface area contributed by atoms with Gasteiger partial charge in [-0.25, -0.2) is 4.79 Å². The van der Waals surface area contributed by atoms with Gasteiger partial charge in [0.15, 0.2) is 0 Å². The van der Waals surface area contributed by atoms with Gasteiger partial charge in [-0.2, -0.15) is 5.10 Å². The summed E-state index contributed by atoms with van der Waals surface area (Å²) in [5.41, 5.74) is 2.33. The summed E-state index contributed by atoms with van der Waals surface area (Å²) in [5.74, 6) is -1.28. The molecular formula is C19H21N3O3. The summed E-state index contributed by atoms with van der Waals surface area (Å²) >= 11 is 0. The lowest BCUT2D eigenvalue weighted by atomic mass is 9.93. The van der Waals surface area contributed by atoms with Crippen molar-refractivity contribution in [3.05, 3.63) is 53.3 Å². The number of carbonyl (C=O) groups excluding carboxylic acids is 1. The van der Waals surface area contributed by atoms with E-state index < -0.39 is 12.0 Å². The molecule has 0 spiro atoms. The highest BCUT2D eigenvalue weighted by atomic mass is 16.4. The van der Waals surface area contributed by atoms with Crippen molar-refractivity contribution in [3.8, 4) is 0 Å². The number of amides is 1. The molecule has 1 N–H and O–H groups in total. The van der Waals surface area contributed by atoms with E-state index in [0.29, 0.717) is 24.7 Å². The molecule has 1 aliphatic heterocycles. The van der Waals surface area contributed by atoms with E-state index in [1.165, 1.54) is 17.7 Å². The van der Waals surface area contributed by atoms with Crippen molar-refractivity contribution in [2.45, 2.75) is 50.7 Å². The second kappa shape index (κ2) is 6.35. The number of nitrogens with zero attached hydrogens (tertiary/aromatic N) is 3. The summed E-state index contributed by atoms with van der Waals surface area (Å²) in [4.78, 5) is 26.1. The van der Waals surface area contributed by atoms with Gasteiger partial charge in [0.25, 0.3) is 5.91 Å². The van der Waals surface area contributed by atoms with E-state index >= 15 is 0 Å². The Morgan fingerprint density at radius 2 is 1.80 bits per heavy atom. The third kappa shape index (κ3) is 2.92. The number of carboxylic acids is 1. The number of aliphatic carboxylic acids is 1. The highest BCUT2D eigenvalue weighted by Gasteiger charge is 2.35. The SMILES string of the molecule is O=C(O)[C@H]1Cc2ccccc2CN1C(=O)c1ccn(C2CCCC2)n1. The summed E-state index contributed by atoms with van der Waals surface area (Å²) in [5, 5.41) is 14.0. The normalized spacial score (nSPS) is 20.5. The predicted octanol–water partition coefficient (Wildman–Crippen LogP) is 2.65. The van der Waals surface area contributed by atoms with Crippen LogP contribution in [0.4, 0.5) is 0 Å². The van der Waals surface area contributed by atoms with Gasteiger partial charge in [-0.1, -0.05) is 37.1 Å². The maximum atomic E-state index is 12.9. The zero-order chi connectivity index (χ0) is 17.4. The van der Waals surface area contributed by atoms with E-state index in [1.807, 2.05) is 35.1 Å². The summed E-state index contributed by atoms with van der Waals surface area (Å²) in [7, 11) is 0. The first-order valence-electron chi connectivity index (χ1n) is 8.79. The molecule has 1 aromatic carbocycles. The largest absolute Gasteiger partial charge is 0.480 e. The molecule has 1 saturated carbocycles. The van der Waals surface area contributed by atoms with E-state index in [0.717, 1.165) is 24.0 Å². The average Bonchev–Trinajstić information content (AvgIpc) is 3.31. The lowest BCUT2D eigenvalue weighted by Crippen LogP contribution is -2.48. The second-order valence-electron chi connectivity index (χ2n) is 6.88. The molecule has 25 heavy (non-hydrogen) atoms. The molecule has 1 aliphatic carbocycles. The van der Waals surface area contributed by atoms with Crippen LogP contribution in [0.5, 0.6) is 0 Å². The molecule has 2 heterocycles. The van der Waals surface area contributed by atoms with E-state index in [-0.39, 0.29) is 5.91 Å². The van der Waals surface area contributed by atoms with Crippen molar-refractivity contribution < 1.29 is 14.7 Å². The highest BCUT2D eigenvalue weighted by molar-refractivity contribution is 5.95. The number of hydrogen-bond donors (Lipinski definition) is 1. The van der Waals surface area contributed by atoms with Gasteiger partial charge in [-0.3, -0.25) is 9.48 Å². The fraction of sp³-hybridized carbons (Fsp3) is 0.421. The molecule has 0 radical (unpaired) electrons. The van der Waals surface area contributed by atoms with Crippen LogP contribution in [0, 0.1) is 0 Å². The van der Waals surface area contributed by atoms with Gasteiger partial charge in [-0.15, -0.1) is 0 Å². The Balaban J connectivity index is 1.60. The number of carboxylic acid groups (broad SMARTS) is 1. The Morgan fingerprint density at radius 3 is 2.52 bits per heavy atom. The van der Waals surface area contributed by atoms with Crippen LogP contribution in [0.1, 0.15) is 53.3 Å². The van der Waals surface area contributed by atoms with Gasteiger partial charge < -0.3 is 10.0 Å². The van der Waals surface area contributed by atoms with Gasteiger partial charge in [-0.05, 0) is 30.0 Å². The summed E-state index contributed by atoms with van der Waals surface area (Å²) in [6.07, 6.45) is 6.74. The number of carbonyl (C=O) groups is 2. The minimum Gasteiger partial charge on any atom is -0.480 e. The van der Waals surface area contributed by atoms with Gasteiger partial charge in [0.2, 0.25) is 0 Å². The molecule has 2 aromatic rings. The van der Waals surface area contributed by atoms with Crippen LogP contribution in [-0.2, 0) is 17.8 Å². The zero-order valence-electron chi connectivity index (χ0n) is 14.0. The first-order valence-corrected chi connectivity index (χ1v) is 8.79. The summed E-state index contributed by atoms with van der Waals surface area (Å²) in [6.45, 7) is 0.308. The molecule has 130 valence electrons. The van der Waals surface area contributed by atoms with Crippen molar-refractivity contribution in [2.75, 3.05) is 0 Å². The van der Waals surface area contributed by atoms with E-state index in [4.69, 9.17) is 0 Å². The second-order valence-corrected chi connectivity index (χ2v) is 6.88. The predicted molar refractivity (Wildman–Crippen MR) is 91.2 cm³/mol. The molecular weight excluding hydrogens is 318 g/mol. The third-order valence-corrected chi connectivity index (χ3v) is 5.32. The molecule has 6 nitrogen and oxygen atoms in total. The number of fused-ring (bicyclic) bond motifs is 1. The van der Waals surface area contributed by atoms with E-state index in [9.17, 15) is 14.7 Å². The van der Waals surface area contributed by atoms with Crippen LogP contribution >= 0.6 is 0 Å². The average molecular weight is 339 g/mol. The van der Waals surface area contributed by atoms with Crippen LogP contribution in [-0.4, -0.2) is 37.7 Å². The Morgan fingerprint density at radius 1 is 1.08 bits per heavy atom. The fourth-order valence-corrected chi connectivity index (χ4v) is 3.93. The molecule has 0 bridgehead atoms. The molecule has 0 saturated heterocycles. The first kappa shape index (κ1) is 15.9. The van der Waals surface area contributed by atoms with Gasteiger partial charge >= 0.3 is 5.97 Å². The molecule has 1 fully saturated rings. The standard InChI is InChI=1S/C19H21N3O3/c23-18(16-9-10-22(20-16)15-7-3-4-8-15)21-12-14-6-2-1-5-13(14)11-17(21)19(24)25/h1-2,5-6,9-10,15,17H,3-4,7-8,11-12H2,(H,24,25)/t17-/m1/s1. The van der Waals surface area contributed by atoms with Crippen LogP contribution in [0.15, 0.2) is 36.5 Å². The molecule has 6 heteroatoms. The Kier molecular flexibility index (Phi) is 4.03. The third-order valence-electron chi connectivity index (χ3n) is 5.32. The van der Waals surface area contributed by atoms with Crippen LogP contribution < -0.4 is 0 Å². The molecule has 4 rings (SSSR count). The zero-order valence-corrected chi connectivity index (χ0v) is 14.0. The van der Waals surface area contributed by atoms with Crippen LogP contribution in [0.3, 0.4) is 0 Å². The Hall–Kier alpha value is -2.63. The lowest BCUT2D eigenvalue weighted by molar-refractivity contribution is -0.142. The van der Waals surface area contributed by atoms with Gasteiger partial charge in [0, 0.05) is 19.2 Å². The minimum absolute atomic E-state index is 0.307. The summed E-state index contributed by atoms with van der Waals surface area (Å²) in [6, 6.07) is 8.92. The molecule has 0 unspecified atom stereocenters. The lowest BCUT2D eigenvalue weighted by Gasteiger charge is -2.34. The number of rotatable bonds is 3. The maximum Gasteiger partial charge on any atom is 0.326 e. The Labute approximate surface area is 146 Å². The topological polar surface area (TPSA) is 75.4 Å². The van der Waals surface area contributed by atoms with Crippen molar-refractivity contribution in [1.82, 2.24) is 14.7 Å². The molecule has 2 aliphatic rings. The maximum absolute atomic E-state index is 12.9. The van der Waals surface area contributed by atoms with Crippen molar-refractivity contribution >= 4 is 11.9 Å². The summed E-state index contributed by atoms with van der Waals surface area (Å²) < 4.78 is 1.87. The smallest absolute Gasteiger partial charge is 0.326 e. The molecule has 1 amide bonds. The monoisotopic (exact) mass is 339 g/mol. The minimum atomic E-state index is -0.974. The van der Waals surface area contributed by atoms with Crippen LogP contribution in [0.25, 0.3) is 0 Å². The first-order chi connectivity index (χ1) is 12.1. The Bertz CT molecular complexity index is 808.